The molecule has 5 heteroatoms. The van der Waals surface area contributed by atoms with Crippen molar-refractivity contribution in [1.29, 1.82) is 0 Å². The summed E-state index contributed by atoms with van der Waals surface area (Å²) in [5.41, 5.74) is 1.05. The second-order valence-corrected chi connectivity index (χ2v) is 4.23. The first-order valence-corrected chi connectivity index (χ1v) is 5.49. The van der Waals surface area contributed by atoms with Gasteiger partial charge in [-0.1, -0.05) is 11.6 Å². The van der Waals surface area contributed by atoms with E-state index >= 15 is 0 Å². The summed E-state index contributed by atoms with van der Waals surface area (Å²) in [5, 5.41) is 9.21. The van der Waals surface area contributed by atoms with E-state index in [4.69, 9.17) is 16.7 Å². The van der Waals surface area contributed by atoms with E-state index in [0.717, 1.165) is 25.0 Å². The number of fused-ring (bicyclic) bond motifs is 1. The van der Waals surface area contributed by atoms with Crippen molar-refractivity contribution in [2.24, 2.45) is 0 Å². The summed E-state index contributed by atoms with van der Waals surface area (Å²) in [6, 6.07) is 0.254. The van der Waals surface area contributed by atoms with E-state index in [1.165, 1.54) is 0 Å². The molecule has 1 aromatic rings. The molecule has 15 heavy (non-hydrogen) atoms. The van der Waals surface area contributed by atoms with Gasteiger partial charge < -0.3 is 9.67 Å². The largest absolute Gasteiger partial charge is 0.481 e. The molecule has 0 bridgehead atoms. The van der Waals surface area contributed by atoms with Gasteiger partial charge in [-0.25, -0.2) is 4.98 Å². The summed E-state index contributed by atoms with van der Waals surface area (Å²) in [4.78, 5) is 14.6. The van der Waals surface area contributed by atoms with E-state index in [9.17, 15) is 4.79 Å². The molecule has 1 aliphatic heterocycles. The summed E-state index contributed by atoms with van der Waals surface area (Å²) in [7, 11) is 0. The van der Waals surface area contributed by atoms with Gasteiger partial charge in [-0.2, -0.15) is 0 Å². The minimum atomic E-state index is -0.742. The summed E-state index contributed by atoms with van der Waals surface area (Å²) in [6.07, 6.45) is 5.63. The topological polar surface area (TPSA) is 55.1 Å². The van der Waals surface area contributed by atoms with Crippen LogP contribution in [0.4, 0.5) is 0 Å². The van der Waals surface area contributed by atoms with Gasteiger partial charge in [0.1, 0.15) is 5.15 Å². The van der Waals surface area contributed by atoms with Crippen molar-refractivity contribution in [3.05, 3.63) is 17.2 Å². The molecule has 1 N–H and O–H groups in total. The van der Waals surface area contributed by atoms with Gasteiger partial charge in [-0.05, 0) is 25.7 Å². The Hall–Kier alpha value is -1.03. The van der Waals surface area contributed by atoms with E-state index in [2.05, 4.69) is 4.98 Å². The molecular formula is C10H13ClN2O2. The SMILES string of the molecule is O=C(O)CCC1CCCc2c(Cl)ncn21. The lowest BCUT2D eigenvalue weighted by atomic mass is 9.99. The molecule has 1 aliphatic rings. The Morgan fingerprint density at radius 1 is 1.73 bits per heavy atom. The minimum absolute atomic E-state index is 0.208. The van der Waals surface area contributed by atoms with E-state index in [0.29, 0.717) is 11.6 Å². The zero-order chi connectivity index (χ0) is 10.8. The number of carbonyl (C=O) groups is 1. The van der Waals surface area contributed by atoms with Crippen LogP contribution in [-0.2, 0) is 11.2 Å². The fraction of sp³-hybridized carbons (Fsp3) is 0.600. The van der Waals surface area contributed by atoms with E-state index in [1.807, 2.05) is 4.57 Å². The maximum absolute atomic E-state index is 10.5. The van der Waals surface area contributed by atoms with Gasteiger partial charge in [0.25, 0.3) is 0 Å². The first-order valence-electron chi connectivity index (χ1n) is 5.11. The van der Waals surface area contributed by atoms with Crippen LogP contribution in [0.1, 0.15) is 37.4 Å². The van der Waals surface area contributed by atoms with Crippen molar-refractivity contribution in [2.45, 2.75) is 38.1 Å². The Balaban J connectivity index is 2.12. The average Bonchev–Trinajstić information content (AvgIpc) is 2.58. The number of hydrogen-bond acceptors (Lipinski definition) is 2. The number of halogens is 1. The average molecular weight is 229 g/mol. The number of rotatable bonds is 3. The molecule has 0 saturated carbocycles. The number of aromatic nitrogens is 2. The molecule has 0 fully saturated rings. The van der Waals surface area contributed by atoms with Crippen LogP contribution < -0.4 is 0 Å². The van der Waals surface area contributed by atoms with Crippen molar-refractivity contribution in [3.63, 3.8) is 0 Å². The highest BCUT2D eigenvalue weighted by Gasteiger charge is 2.22. The van der Waals surface area contributed by atoms with Crippen LogP contribution in [0.2, 0.25) is 5.15 Å². The number of imidazole rings is 1. The number of hydrogen-bond donors (Lipinski definition) is 1. The van der Waals surface area contributed by atoms with Gasteiger partial charge in [0, 0.05) is 12.5 Å². The highest BCUT2D eigenvalue weighted by Crippen LogP contribution is 2.31. The van der Waals surface area contributed by atoms with Gasteiger partial charge in [0.05, 0.1) is 12.0 Å². The lowest BCUT2D eigenvalue weighted by Gasteiger charge is -2.25. The lowest BCUT2D eigenvalue weighted by molar-refractivity contribution is -0.137. The molecular weight excluding hydrogens is 216 g/mol. The summed E-state index contributed by atoms with van der Waals surface area (Å²) < 4.78 is 2.04. The molecule has 2 heterocycles. The molecule has 0 spiro atoms. The maximum Gasteiger partial charge on any atom is 0.303 e. The Kier molecular flexibility index (Phi) is 2.95. The predicted molar refractivity (Wildman–Crippen MR) is 56.1 cm³/mol. The molecule has 0 radical (unpaired) electrons. The van der Waals surface area contributed by atoms with Crippen LogP contribution in [0.3, 0.4) is 0 Å². The van der Waals surface area contributed by atoms with Gasteiger partial charge >= 0.3 is 5.97 Å². The Bertz CT molecular complexity index is 375. The third-order valence-electron chi connectivity index (χ3n) is 2.88. The monoisotopic (exact) mass is 228 g/mol. The normalized spacial score (nSPS) is 19.9. The maximum atomic E-state index is 10.5. The summed E-state index contributed by atoms with van der Waals surface area (Å²) >= 11 is 5.94. The quantitative estimate of drug-likeness (QED) is 0.864. The molecule has 1 atom stereocenters. The van der Waals surface area contributed by atoms with Crippen molar-refractivity contribution < 1.29 is 9.90 Å². The second kappa shape index (κ2) is 4.23. The molecule has 0 amide bonds. The van der Waals surface area contributed by atoms with Crippen molar-refractivity contribution in [2.75, 3.05) is 0 Å². The third-order valence-corrected chi connectivity index (χ3v) is 3.20. The molecule has 1 unspecified atom stereocenters. The van der Waals surface area contributed by atoms with E-state index in [-0.39, 0.29) is 12.5 Å². The lowest BCUT2D eigenvalue weighted by Crippen LogP contribution is -2.17. The van der Waals surface area contributed by atoms with Gasteiger partial charge in [0.2, 0.25) is 0 Å². The molecule has 4 nitrogen and oxygen atoms in total. The smallest absolute Gasteiger partial charge is 0.303 e. The zero-order valence-electron chi connectivity index (χ0n) is 8.32. The Morgan fingerprint density at radius 3 is 3.27 bits per heavy atom. The molecule has 0 saturated heterocycles. The Labute approximate surface area is 92.9 Å². The second-order valence-electron chi connectivity index (χ2n) is 3.87. The molecule has 82 valence electrons. The van der Waals surface area contributed by atoms with Gasteiger partial charge in [-0.3, -0.25) is 4.79 Å². The Morgan fingerprint density at radius 2 is 2.53 bits per heavy atom. The first kappa shape index (κ1) is 10.5. The van der Waals surface area contributed by atoms with Crippen molar-refractivity contribution in [3.8, 4) is 0 Å². The van der Waals surface area contributed by atoms with Gasteiger partial charge in [-0.15, -0.1) is 0 Å². The van der Waals surface area contributed by atoms with E-state index in [1.54, 1.807) is 6.33 Å². The zero-order valence-corrected chi connectivity index (χ0v) is 9.07. The number of carboxylic acid groups (broad SMARTS) is 1. The number of aliphatic carboxylic acids is 1. The predicted octanol–water partition coefficient (Wildman–Crippen LogP) is 2.28. The summed E-state index contributed by atoms with van der Waals surface area (Å²) in [5.74, 6) is -0.742. The van der Waals surface area contributed by atoms with Crippen molar-refractivity contribution in [1.82, 2.24) is 9.55 Å². The van der Waals surface area contributed by atoms with Gasteiger partial charge in [0.15, 0.2) is 0 Å². The standard InChI is InChI=1S/C10H13ClN2O2/c11-10-8-3-1-2-7(4-5-9(14)15)13(8)6-12-10/h6-7H,1-5H2,(H,14,15). The molecule has 1 aromatic heterocycles. The van der Waals surface area contributed by atoms with Crippen LogP contribution in [0, 0.1) is 0 Å². The van der Waals surface area contributed by atoms with E-state index < -0.39 is 5.97 Å². The molecule has 0 aliphatic carbocycles. The van der Waals surface area contributed by atoms with Crippen LogP contribution in [0.25, 0.3) is 0 Å². The highest BCUT2D eigenvalue weighted by molar-refractivity contribution is 6.30. The van der Waals surface area contributed by atoms with Crippen molar-refractivity contribution >= 4 is 17.6 Å². The molecule has 0 aromatic carbocycles. The minimum Gasteiger partial charge on any atom is -0.481 e. The number of carboxylic acids is 1. The van der Waals surface area contributed by atoms with Crippen LogP contribution in [-0.4, -0.2) is 20.6 Å². The van der Waals surface area contributed by atoms with Crippen LogP contribution >= 0.6 is 11.6 Å². The third kappa shape index (κ3) is 2.15. The van der Waals surface area contributed by atoms with Crippen LogP contribution in [0.5, 0.6) is 0 Å². The fourth-order valence-corrected chi connectivity index (χ4v) is 2.36. The number of nitrogens with zero attached hydrogens (tertiary/aromatic N) is 2. The molecule has 2 rings (SSSR count). The van der Waals surface area contributed by atoms with Crippen LogP contribution in [0.15, 0.2) is 6.33 Å². The summed E-state index contributed by atoms with van der Waals surface area (Å²) in [6.45, 7) is 0. The highest BCUT2D eigenvalue weighted by atomic mass is 35.5. The first-order chi connectivity index (χ1) is 7.18. The fourth-order valence-electron chi connectivity index (χ4n) is 2.13.